The van der Waals surface area contributed by atoms with Gasteiger partial charge in [0.05, 0.1) is 5.69 Å². The Hall–Kier alpha value is -2.67. The Labute approximate surface area is 147 Å². The van der Waals surface area contributed by atoms with Crippen molar-refractivity contribution in [3.05, 3.63) is 54.1 Å². The number of rotatable bonds is 5. The van der Waals surface area contributed by atoms with Crippen molar-refractivity contribution in [1.82, 2.24) is 0 Å². The van der Waals surface area contributed by atoms with Gasteiger partial charge in [0, 0.05) is 18.5 Å². The normalized spacial score (nSPS) is 14.8. The van der Waals surface area contributed by atoms with E-state index >= 15 is 0 Å². The number of anilines is 2. The van der Waals surface area contributed by atoms with Crippen LogP contribution in [0, 0.1) is 0 Å². The first-order chi connectivity index (χ1) is 12.0. The van der Waals surface area contributed by atoms with Crippen LogP contribution in [0.25, 0.3) is 0 Å². The Morgan fingerprint density at radius 1 is 1.16 bits per heavy atom. The van der Waals surface area contributed by atoms with E-state index in [1.807, 2.05) is 31.2 Å². The third-order valence-corrected chi connectivity index (χ3v) is 5.25. The molecule has 0 unspecified atom stereocenters. The molecule has 1 amide bonds. The van der Waals surface area contributed by atoms with Gasteiger partial charge in [-0.25, -0.2) is 0 Å². The Balaban J connectivity index is 1.64. The molecular weight excluding hydrogens is 338 g/mol. The monoisotopic (exact) mass is 357 g/mol. The summed E-state index contributed by atoms with van der Waals surface area (Å²) in [6.07, 6.45) is 1.24. The zero-order valence-electron chi connectivity index (χ0n) is 13.8. The quantitative estimate of drug-likeness (QED) is 0.860. The van der Waals surface area contributed by atoms with Crippen LogP contribution >= 0.6 is 0 Å². The molecule has 0 spiro atoms. The van der Waals surface area contributed by atoms with Crippen LogP contribution in [0.5, 0.6) is 0 Å². The number of benzene rings is 2. The number of para-hydroxylation sites is 1. The van der Waals surface area contributed by atoms with Crippen LogP contribution in [-0.2, 0) is 21.2 Å². The second-order valence-corrected chi connectivity index (χ2v) is 7.31. The van der Waals surface area contributed by atoms with E-state index in [1.165, 1.54) is 6.07 Å². The number of amides is 1. The van der Waals surface area contributed by atoms with Crippen LogP contribution < -0.4 is 10.6 Å². The van der Waals surface area contributed by atoms with E-state index in [1.54, 1.807) is 18.2 Å². The summed E-state index contributed by atoms with van der Waals surface area (Å²) in [6.45, 7) is 2.05. The SMILES string of the molecule is CCc1cccc(NC(=O)CCC2=NS(=O)(=O)c3ccccc3N2)c1. The smallest absolute Gasteiger partial charge is 0.286 e. The second-order valence-electron chi connectivity index (χ2n) is 5.74. The number of carbonyl (C=O) groups excluding carboxylic acids is 1. The van der Waals surface area contributed by atoms with E-state index < -0.39 is 10.0 Å². The summed E-state index contributed by atoms with van der Waals surface area (Å²) in [5.41, 5.74) is 2.36. The number of nitrogens with zero attached hydrogens (tertiary/aromatic N) is 1. The molecule has 0 saturated carbocycles. The average molecular weight is 357 g/mol. The Morgan fingerprint density at radius 2 is 1.96 bits per heavy atom. The highest BCUT2D eigenvalue weighted by Gasteiger charge is 2.24. The van der Waals surface area contributed by atoms with Crippen molar-refractivity contribution in [1.29, 1.82) is 0 Å². The molecular formula is C18H19N3O3S. The van der Waals surface area contributed by atoms with Gasteiger partial charge in [0.1, 0.15) is 10.7 Å². The molecule has 2 aromatic carbocycles. The standard InChI is InChI=1S/C18H19N3O3S/c1-2-13-6-5-7-14(12-13)19-18(22)11-10-17-20-15-8-3-4-9-16(15)25(23,24)21-17/h3-9,12H,2,10-11H2,1H3,(H,19,22)(H,20,21). The molecule has 6 nitrogen and oxygen atoms in total. The minimum Gasteiger partial charge on any atom is -0.342 e. The van der Waals surface area contributed by atoms with Crippen molar-refractivity contribution in [2.75, 3.05) is 10.6 Å². The van der Waals surface area contributed by atoms with Crippen molar-refractivity contribution < 1.29 is 13.2 Å². The summed E-state index contributed by atoms with van der Waals surface area (Å²) in [5.74, 6) is 0.0881. The zero-order chi connectivity index (χ0) is 17.9. The van der Waals surface area contributed by atoms with E-state index in [9.17, 15) is 13.2 Å². The minimum absolute atomic E-state index is 0.139. The van der Waals surface area contributed by atoms with Gasteiger partial charge in [-0.3, -0.25) is 4.79 Å². The van der Waals surface area contributed by atoms with E-state index in [2.05, 4.69) is 15.0 Å². The number of hydrogen-bond acceptors (Lipinski definition) is 4. The Bertz CT molecular complexity index is 936. The number of amidine groups is 1. The highest BCUT2D eigenvalue weighted by Crippen LogP contribution is 2.27. The molecule has 0 radical (unpaired) electrons. The lowest BCUT2D eigenvalue weighted by Crippen LogP contribution is -2.23. The van der Waals surface area contributed by atoms with E-state index in [0.717, 1.165) is 17.7 Å². The lowest BCUT2D eigenvalue weighted by molar-refractivity contribution is -0.116. The molecule has 0 fully saturated rings. The number of carbonyl (C=O) groups is 1. The summed E-state index contributed by atoms with van der Waals surface area (Å²) in [4.78, 5) is 12.3. The molecule has 3 rings (SSSR count). The largest absolute Gasteiger partial charge is 0.342 e. The number of aryl methyl sites for hydroxylation is 1. The Morgan fingerprint density at radius 3 is 2.76 bits per heavy atom. The molecule has 0 saturated heterocycles. The van der Waals surface area contributed by atoms with Crippen LogP contribution in [0.2, 0.25) is 0 Å². The number of hydrogen-bond donors (Lipinski definition) is 2. The summed E-state index contributed by atoms with van der Waals surface area (Å²) in [7, 11) is -3.71. The fraction of sp³-hybridized carbons (Fsp3) is 0.222. The van der Waals surface area contributed by atoms with Crippen molar-refractivity contribution >= 4 is 33.1 Å². The maximum absolute atomic E-state index is 12.2. The van der Waals surface area contributed by atoms with Crippen LogP contribution in [0.4, 0.5) is 11.4 Å². The van der Waals surface area contributed by atoms with Gasteiger partial charge in [-0.2, -0.15) is 8.42 Å². The van der Waals surface area contributed by atoms with E-state index in [0.29, 0.717) is 5.69 Å². The van der Waals surface area contributed by atoms with Gasteiger partial charge in [0.15, 0.2) is 0 Å². The molecule has 0 bridgehead atoms. The first kappa shape index (κ1) is 17.2. The Kier molecular flexibility index (Phi) is 4.85. The molecule has 130 valence electrons. The molecule has 1 heterocycles. The van der Waals surface area contributed by atoms with Gasteiger partial charge in [0.25, 0.3) is 10.0 Å². The van der Waals surface area contributed by atoms with Crippen LogP contribution in [0.3, 0.4) is 0 Å². The fourth-order valence-electron chi connectivity index (χ4n) is 2.60. The van der Waals surface area contributed by atoms with Crippen LogP contribution in [-0.4, -0.2) is 20.2 Å². The summed E-state index contributed by atoms with van der Waals surface area (Å²) < 4.78 is 28.1. The topological polar surface area (TPSA) is 87.6 Å². The molecule has 0 aromatic heterocycles. The van der Waals surface area contributed by atoms with Crippen molar-refractivity contribution in [3.63, 3.8) is 0 Å². The van der Waals surface area contributed by atoms with E-state index in [-0.39, 0.29) is 29.5 Å². The lowest BCUT2D eigenvalue weighted by Gasteiger charge is -2.17. The van der Waals surface area contributed by atoms with Crippen molar-refractivity contribution in [3.8, 4) is 0 Å². The van der Waals surface area contributed by atoms with Gasteiger partial charge < -0.3 is 10.6 Å². The van der Waals surface area contributed by atoms with E-state index in [4.69, 9.17) is 0 Å². The summed E-state index contributed by atoms with van der Waals surface area (Å²) in [6, 6.07) is 14.2. The van der Waals surface area contributed by atoms with Gasteiger partial charge in [-0.1, -0.05) is 31.2 Å². The predicted molar refractivity (Wildman–Crippen MR) is 98.4 cm³/mol. The number of fused-ring (bicyclic) bond motifs is 1. The minimum atomic E-state index is -3.71. The highest BCUT2D eigenvalue weighted by atomic mass is 32.2. The predicted octanol–water partition coefficient (Wildman–Crippen LogP) is 3.18. The molecule has 1 aliphatic heterocycles. The summed E-state index contributed by atoms with van der Waals surface area (Å²) >= 11 is 0. The average Bonchev–Trinajstić information content (AvgIpc) is 2.60. The third kappa shape index (κ3) is 4.06. The van der Waals surface area contributed by atoms with Crippen molar-refractivity contribution in [2.45, 2.75) is 31.1 Å². The van der Waals surface area contributed by atoms with Gasteiger partial charge in [0.2, 0.25) is 5.91 Å². The van der Waals surface area contributed by atoms with Gasteiger partial charge in [-0.05, 0) is 36.2 Å². The second kappa shape index (κ2) is 7.06. The van der Waals surface area contributed by atoms with Crippen LogP contribution in [0.1, 0.15) is 25.3 Å². The highest BCUT2D eigenvalue weighted by molar-refractivity contribution is 7.90. The molecule has 7 heteroatoms. The molecule has 2 aromatic rings. The van der Waals surface area contributed by atoms with Crippen LogP contribution in [0.15, 0.2) is 57.8 Å². The van der Waals surface area contributed by atoms with Crippen molar-refractivity contribution in [2.24, 2.45) is 4.40 Å². The van der Waals surface area contributed by atoms with Gasteiger partial charge >= 0.3 is 0 Å². The molecule has 0 aliphatic carbocycles. The molecule has 1 aliphatic rings. The maximum Gasteiger partial charge on any atom is 0.286 e. The molecule has 2 N–H and O–H groups in total. The third-order valence-electron chi connectivity index (χ3n) is 3.88. The lowest BCUT2D eigenvalue weighted by atomic mass is 10.1. The maximum atomic E-state index is 12.2. The first-order valence-corrected chi connectivity index (χ1v) is 9.50. The fourth-order valence-corrected chi connectivity index (χ4v) is 3.77. The summed E-state index contributed by atoms with van der Waals surface area (Å²) in [5, 5.41) is 5.81. The first-order valence-electron chi connectivity index (χ1n) is 8.06. The number of nitrogens with one attached hydrogen (secondary N) is 2. The zero-order valence-corrected chi connectivity index (χ0v) is 14.6. The molecule has 25 heavy (non-hydrogen) atoms. The number of sulfonamides is 1. The molecule has 0 atom stereocenters. The van der Waals surface area contributed by atoms with Gasteiger partial charge in [-0.15, -0.1) is 4.40 Å².